The van der Waals surface area contributed by atoms with Crippen molar-refractivity contribution in [3.05, 3.63) is 60.8 Å². The van der Waals surface area contributed by atoms with Gasteiger partial charge in [-0.2, -0.15) is 0 Å². The zero-order chi connectivity index (χ0) is 22.0. The van der Waals surface area contributed by atoms with Crippen molar-refractivity contribution in [2.45, 2.75) is 37.6 Å². The number of carbonyl (C=O) groups excluding carboxylic acids is 1. The van der Waals surface area contributed by atoms with E-state index in [-0.39, 0.29) is 5.91 Å². The number of piperidine rings is 1. The van der Waals surface area contributed by atoms with Crippen molar-refractivity contribution in [1.82, 2.24) is 9.97 Å². The Hall–Kier alpha value is -3.45. The summed E-state index contributed by atoms with van der Waals surface area (Å²) < 4.78 is 0. The first-order valence-electron chi connectivity index (χ1n) is 11.2. The summed E-state index contributed by atoms with van der Waals surface area (Å²) in [5, 5.41) is 6.18. The Morgan fingerprint density at radius 2 is 1.59 bits per heavy atom. The van der Waals surface area contributed by atoms with Crippen LogP contribution in [-0.2, 0) is 4.79 Å². The summed E-state index contributed by atoms with van der Waals surface area (Å²) >= 11 is 0. The van der Waals surface area contributed by atoms with Gasteiger partial charge in [0.05, 0.1) is 11.2 Å². The van der Waals surface area contributed by atoms with Gasteiger partial charge in [-0.1, -0.05) is 12.1 Å². The average molecular weight is 429 g/mol. The highest BCUT2D eigenvalue weighted by molar-refractivity contribution is 6.00. The smallest absolute Gasteiger partial charge is 0.244 e. The Labute approximate surface area is 188 Å². The molecule has 1 aliphatic heterocycles. The summed E-state index contributed by atoms with van der Waals surface area (Å²) in [5.74, 6) is 0.425. The van der Waals surface area contributed by atoms with Crippen molar-refractivity contribution in [2.75, 3.05) is 28.6 Å². The van der Waals surface area contributed by atoms with Gasteiger partial charge in [-0.25, -0.2) is 9.97 Å². The van der Waals surface area contributed by atoms with E-state index >= 15 is 0 Å². The largest absolute Gasteiger partial charge is 0.372 e. The van der Waals surface area contributed by atoms with Gasteiger partial charge in [0, 0.05) is 41.9 Å². The Morgan fingerprint density at radius 3 is 2.28 bits per heavy atom. The molecule has 2 heterocycles. The zero-order valence-electron chi connectivity index (χ0n) is 18.1. The first-order chi connectivity index (χ1) is 15.6. The van der Waals surface area contributed by atoms with Gasteiger partial charge in [-0.15, -0.1) is 0 Å². The maximum Gasteiger partial charge on any atom is 0.244 e. The highest BCUT2D eigenvalue weighted by Crippen LogP contribution is 2.33. The second-order valence-electron chi connectivity index (χ2n) is 8.67. The Morgan fingerprint density at radius 1 is 0.906 bits per heavy atom. The van der Waals surface area contributed by atoms with E-state index in [1.54, 1.807) is 6.20 Å². The van der Waals surface area contributed by atoms with Crippen LogP contribution in [0.1, 0.15) is 32.1 Å². The van der Waals surface area contributed by atoms with Crippen LogP contribution in [0.4, 0.5) is 23.0 Å². The van der Waals surface area contributed by atoms with E-state index in [4.69, 9.17) is 5.73 Å². The molecule has 0 atom stereocenters. The molecule has 1 aromatic heterocycles. The van der Waals surface area contributed by atoms with Crippen LogP contribution >= 0.6 is 0 Å². The van der Waals surface area contributed by atoms with Gasteiger partial charge in [0.25, 0.3) is 0 Å². The van der Waals surface area contributed by atoms with Crippen LogP contribution in [0.25, 0.3) is 11.3 Å². The first-order valence-corrected chi connectivity index (χ1v) is 11.2. The molecule has 4 N–H and O–H groups in total. The topological polar surface area (TPSA) is 96.2 Å². The number of carbonyl (C=O) groups is 1. The Balaban J connectivity index is 1.24. The second kappa shape index (κ2) is 8.59. The summed E-state index contributed by atoms with van der Waals surface area (Å²) in [6, 6.07) is 17.9. The fraction of sp³-hybridized carbons (Fsp3) is 0.320. The van der Waals surface area contributed by atoms with Crippen LogP contribution in [0.2, 0.25) is 0 Å². The van der Waals surface area contributed by atoms with E-state index in [0.29, 0.717) is 5.95 Å². The molecule has 1 amide bonds. The molecule has 2 aliphatic rings. The normalized spacial score (nSPS) is 17.0. The predicted octanol–water partition coefficient (Wildman–Crippen LogP) is 4.31. The minimum Gasteiger partial charge on any atom is -0.372 e. The van der Waals surface area contributed by atoms with Crippen molar-refractivity contribution >= 4 is 28.9 Å². The molecule has 2 fully saturated rings. The predicted molar refractivity (Wildman–Crippen MR) is 128 cm³/mol. The molecule has 0 bridgehead atoms. The monoisotopic (exact) mass is 428 g/mol. The lowest BCUT2D eigenvalue weighted by Gasteiger charge is -2.28. The van der Waals surface area contributed by atoms with Gasteiger partial charge in [0.2, 0.25) is 11.9 Å². The number of rotatable bonds is 6. The zero-order valence-corrected chi connectivity index (χ0v) is 18.1. The third kappa shape index (κ3) is 4.57. The highest BCUT2D eigenvalue weighted by atomic mass is 16.2. The van der Waals surface area contributed by atoms with Crippen molar-refractivity contribution in [1.29, 1.82) is 0 Å². The molecule has 0 spiro atoms. The summed E-state index contributed by atoms with van der Waals surface area (Å²) in [7, 11) is 0. The van der Waals surface area contributed by atoms with Crippen LogP contribution in [0.3, 0.4) is 0 Å². The van der Waals surface area contributed by atoms with E-state index in [0.717, 1.165) is 48.6 Å². The van der Waals surface area contributed by atoms with Gasteiger partial charge in [-0.05, 0) is 74.6 Å². The van der Waals surface area contributed by atoms with Crippen LogP contribution < -0.4 is 21.3 Å². The summed E-state index contributed by atoms with van der Waals surface area (Å²) in [6.45, 7) is 2.26. The quantitative estimate of drug-likeness (QED) is 0.541. The molecular formula is C25H28N6O. The highest BCUT2D eigenvalue weighted by Gasteiger charge is 2.45. The minimum absolute atomic E-state index is 0.120. The Bertz CT molecular complexity index is 1090. The van der Waals surface area contributed by atoms with Crippen molar-refractivity contribution < 1.29 is 4.79 Å². The average Bonchev–Trinajstić information content (AvgIpc) is 3.59. The van der Waals surface area contributed by atoms with Crippen LogP contribution in [0.15, 0.2) is 60.8 Å². The van der Waals surface area contributed by atoms with Crippen LogP contribution in [0.5, 0.6) is 0 Å². The molecule has 3 aromatic rings. The van der Waals surface area contributed by atoms with E-state index in [9.17, 15) is 4.79 Å². The summed E-state index contributed by atoms with van der Waals surface area (Å²) in [5.41, 5.74) is 9.97. The molecule has 0 unspecified atom stereocenters. The number of amides is 1. The first kappa shape index (κ1) is 20.5. The lowest BCUT2D eigenvalue weighted by molar-refractivity contribution is -0.118. The lowest BCUT2D eigenvalue weighted by atomic mass is 10.1. The summed E-state index contributed by atoms with van der Waals surface area (Å²) in [6.07, 6.45) is 7.09. The number of aromatic nitrogens is 2. The molecular weight excluding hydrogens is 400 g/mol. The fourth-order valence-electron chi connectivity index (χ4n) is 3.96. The SMILES string of the molecule is NC1(C(=O)Nc2ccc(-c3ccnc(Nc4ccc(N5CCCCC5)cc4)n3)cc2)CC1. The van der Waals surface area contributed by atoms with E-state index in [2.05, 4.69) is 49.8 Å². The molecule has 0 radical (unpaired) electrons. The van der Waals surface area contributed by atoms with Crippen molar-refractivity contribution in [2.24, 2.45) is 5.73 Å². The molecule has 1 aliphatic carbocycles. The van der Waals surface area contributed by atoms with Gasteiger partial charge in [0.15, 0.2) is 0 Å². The molecule has 7 heteroatoms. The van der Waals surface area contributed by atoms with E-state index in [1.807, 2.05) is 30.3 Å². The molecule has 5 rings (SSSR count). The lowest BCUT2D eigenvalue weighted by Crippen LogP contribution is -2.37. The fourth-order valence-corrected chi connectivity index (χ4v) is 3.96. The number of hydrogen-bond acceptors (Lipinski definition) is 6. The minimum atomic E-state index is -0.683. The number of nitrogens with one attached hydrogen (secondary N) is 2. The number of anilines is 4. The second-order valence-corrected chi connectivity index (χ2v) is 8.67. The number of hydrogen-bond donors (Lipinski definition) is 3. The van der Waals surface area contributed by atoms with Crippen LogP contribution in [-0.4, -0.2) is 34.5 Å². The van der Waals surface area contributed by atoms with Gasteiger partial charge < -0.3 is 21.3 Å². The molecule has 164 valence electrons. The van der Waals surface area contributed by atoms with E-state index < -0.39 is 5.54 Å². The van der Waals surface area contributed by atoms with Gasteiger partial charge in [-0.3, -0.25) is 4.79 Å². The Kier molecular flexibility index (Phi) is 5.49. The van der Waals surface area contributed by atoms with Gasteiger partial charge in [0.1, 0.15) is 0 Å². The third-order valence-corrected chi connectivity index (χ3v) is 6.18. The number of nitrogens with two attached hydrogens (primary N) is 1. The summed E-state index contributed by atoms with van der Waals surface area (Å²) in [4.78, 5) is 23.6. The van der Waals surface area contributed by atoms with Gasteiger partial charge >= 0.3 is 0 Å². The molecule has 2 aromatic carbocycles. The number of nitrogens with zero attached hydrogens (tertiary/aromatic N) is 3. The van der Waals surface area contributed by atoms with Crippen LogP contribution in [0, 0.1) is 0 Å². The maximum absolute atomic E-state index is 12.1. The molecule has 7 nitrogen and oxygen atoms in total. The number of benzene rings is 2. The van der Waals surface area contributed by atoms with Crippen molar-refractivity contribution in [3.63, 3.8) is 0 Å². The maximum atomic E-state index is 12.1. The van der Waals surface area contributed by atoms with E-state index in [1.165, 1.54) is 24.9 Å². The molecule has 1 saturated carbocycles. The third-order valence-electron chi connectivity index (χ3n) is 6.18. The molecule has 32 heavy (non-hydrogen) atoms. The van der Waals surface area contributed by atoms with Crippen molar-refractivity contribution in [3.8, 4) is 11.3 Å². The molecule has 1 saturated heterocycles. The standard InChI is InChI=1S/C25H28N6O/c26-25(13-14-25)23(32)28-19-6-4-18(5-7-19)22-12-15-27-24(30-22)29-20-8-10-21(11-9-20)31-16-2-1-3-17-31/h4-12,15H,1-3,13-14,16-17,26H2,(H,28,32)(H,27,29,30).